The number of amides is 1. The molecule has 0 unspecified atom stereocenters. The molecule has 1 aliphatic heterocycles. The molecule has 0 bridgehead atoms. The zero-order valence-corrected chi connectivity index (χ0v) is 11.8. The van der Waals surface area contributed by atoms with Gasteiger partial charge in [-0.05, 0) is 35.6 Å². The molecule has 1 amide bonds. The van der Waals surface area contributed by atoms with Crippen molar-refractivity contribution >= 4 is 5.91 Å². The first-order valence-electron chi connectivity index (χ1n) is 6.67. The Hall–Kier alpha value is -1.71. The van der Waals surface area contributed by atoms with Crippen molar-refractivity contribution in [3.05, 3.63) is 23.3 Å². The zero-order valence-electron chi connectivity index (χ0n) is 11.8. The van der Waals surface area contributed by atoms with Crippen LogP contribution in [-0.4, -0.2) is 29.6 Å². The lowest BCUT2D eigenvalue weighted by Crippen LogP contribution is -2.36. The molecule has 1 heterocycles. The van der Waals surface area contributed by atoms with Crippen LogP contribution in [0.3, 0.4) is 0 Å². The van der Waals surface area contributed by atoms with Crippen LogP contribution in [0.4, 0.5) is 0 Å². The van der Waals surface area contributed by atoms with Gasteiger partial charge in [-0.15, -0.1) is 0 Å². The summed E-state index contributed by atoms with van der Waals surface area (Å²) in [5.41, 5.74) is 2.17. The second kappa shape index (κ2) is 5.51. The molecule has 0 fully saturated rings. The topological polar surface area (TPSA) is 49.8 Å². The lowest BCUT2D eigenvalue weighted by molar-refractivity contribution is -0.132. The Morgan fingerprint density at radius 2 is 2.16 bits per heavy atom. The minimum atomic E-state index is 0.138. The van der Waals surface area contributed by atoms with Crippen molar-refractivity contribution in [1.82, 2.24) is 4.90 Å². The number of nitrogens with zero attached hydrogens (tertiary/aromatic N) is 1. The maximum atomic E-state index is 12.1. The van der Waals surface area contributed by atoms with Crippen molar-refractivity contribution < 1.29 is 14.6 Å². The summed E-state index contributed by atoms with van der Waals surface area (Å²) in [5, 5.41) is 9.81. The SMILES string of the molecule is COc1cc2c(cc1O)CN(C(=O)CC(C)C)CC2. The molecule has 19 heavy (non-hydrogen) atoms. The van der Waals surface area contributed by atoms with E-state index >= 15 is 0 Å². The van der Waals surface area contributed by atoms with Gasteiger partial charge in [0.15, 0.2) is 11.5 Å². The Bertz CT molecular complexity index is 483. The summed E-state index contributed by atoms with van der Waals surface area (Å²) in [6.45, 7) is 5.42. The number of aromatic hydroxyl groups is 1. The first-order valence-corrected chi connectivity index (χ1v) is 6.67. The van der Waals surface area contributed by atoms with Crippen molar-refractivity contribution in [1.29, 1.82) is 0 Å². The normalized spacial score (nSPS) is 14.4. The molecule has 0 spiro atoms. The Morgan fingerprint density at radius 1 is 1.42 bits per heavy atom. The lowest BCUT2D eigenvalue weighted by atomic mass is 9.98. The van der Waals surface area contributed by atoms with E-state index in [9.17, 15) is 9.90 Å². The molecule has 0 aliphatic carbocycles. The summed E-state index contributed by atoms with van der Waals surface area (Å²) >= 11 is 0. The van der Waals surface area contributed by atoms with Crippen molar-refractivity contribution in [3.8, 4) is 11.5 Å². The van der Waals surface area contributed by atoms with Crippen LogP contribution >= 0.6 is 0 Å². The van der Waals surface area contributed by atoms with Crippen LogP contribution in [0.5, 0.6) is 11.5 Å². The van der Waals surface area contributed by atoms with E-state index in [0.717, 1.165) is 24.1 Å². The third kappa shape index (κ3) is 3.00. The predicted molar refractivity (Wildman–Crippen MR) is 73.2 cm³/mol. The fourth-order valence-corrected chi connectivity index (χ4v) is 2.43. The molecule has 4 nitrogen and oxygen atoms in total. The van der Waals surface area contributed by atoms with Gasteiger partial charge >= 0.3 is 0 Å². The Morgan fingerprint density at radius 3 is 2.79 bits per heavy atom. The van der Waals surface area contributed by atoms with Gasteiger partial charge < -0.3 is 14.7 Å². The second-order valence-electron chi connectivity index (χ2n) is 5.46. The third-order valence-electron chi connectivity index (χ3n) is 3.45. The third-order valence-corrected chi connectivity index (χ3v) is 3.45. The maximum absolute atomic E-state index is 12.1. The molecule has 104 valence electrons. The quantitative estimate of drug-likeness (QED) is 0.910. The molecule has 0 atom stereocenters. The number of carbonyl (C=O) groups excluding carboxylic acids is 1. The van der Waals surface area contributed by atoms with E-state index in [1.165, 1.54) is 0 Å². The van der Waals surface area contributed by atoms with Crippen LogP contribution < -0.4 is 4.74 Å². The molecule has 1 aliphatic rings. The van der Waals surface area contributed by atoms with E-state index < -0.39 is 0 Å². The van der Waals surface area contributed by atoms with Gasteiger partial charge in [0, 0.05) is 19.5 Å². The molecule has 2 rings (SSSR count). The molecule has 0 saturated heterocycles. The largest absolute Gasteiger partial charge is 0.504 e. The number of ether oxygens (including phenoxy) is 1. The minimum Gasteiger partial charge on any atom is -0.504 e. The van der Waals surface area contributed by atoms with Crippen LogP contribution in [0.15, 0.2) is 12.1 Å². The van der Waals surface area contributed by atoms with Crippen molar-refractivity contribution in [3.63, 3.8) is 0 Å². The monoisotopic (exact) mass is 263 g/mol. The molecule has 1 aromatic carbocycles. The van der Waals surface area contributed by atoms with Gasteiger partial charge in [0.1, 0.15) is 0 Å². The molecule has 1 aromatic rings. The molecule has 0 radical (unpaired) electrons. The van der Waals surface area contributed by atoms with Gasteiger partial charge in [-0.25, -0.2) is 0 Å². The van der Waals surface area contributed by atoms with Crippen LogP contribution in [-0.2, 0) is 17.8 Å². The van der Waals surface area contributed by atoms with E-state index in [4.69, 9.17) is 4.74 Å². The Kier molecular flexibility index (Phi) is 3.98. The van der Waals surface area contributed by atoms with Gasteiger partial charge in [-0.1, -0.05) is 13.8 Å². The number of hydrogen-bond acceptors (Lipinski definition) is 3. The van der Waals surface area contributed by atoms with E-state index in [0.29, 0.717) is 24.6 Å². The first-order chi connectivity index (χ1) is 9.01. The fraction of sp³-hybridized carbons (Fsp3) is 0.533. The highest BCUT2D eigenvalue weighted by molar-refractivity contribution is 5.76. The number of phenolic OH excluding ortho intramolecular Hbond substituents is 1. The first kappa shape index (κ1) is 13.7. The molecule has 4 heteroatoms. The minimum absolute atomic E-state index is 0.138. The number of hydrogen-bond donors (Lipinski definition) is 1. The zero-order chi connectivity index (χ0) is 14.0. The number of methoxy groups -OCH3 is 1. The van der Waals surface area contributed by atoms with E-state index in [1.54, 1.807) is 13.2 Å². The second-order valence-corrected chi connectivity index (χ2v) is 5.46. The molecule has 0 aromatic heterocycles. The summed E-state index contributed by atoms with van der Waals surface area (Å²) in [5.74, 6) is 1.20. The lowest BCUT2D eigenvalue weighted by Gasteiger charge is -2.30. The maximum Gasteiger partial charge on any atom is 0.223 e. The summed E-state index contributed by atoms with van der Waals surface area (Å²) in [7, 11) is 1.54. The summed E-state index contributed by atoms with van der Waals surface area (Å²) < 4.78 is 5.11. The van der Waals surface area contributed by atoms with E-state index in [-0.39, 0.29) is 11.7 Å². The van der Waals surface area contributed by atoms with Crippen LogP contribution in [0.25, 0.3) is 0 Å². The number of rotatable bonds is 3. The predicted octanol–water partition coefficient (Wildman–Crippen LogP) is 2.33. The summed E-state index contributed by atoms with van der Waals surface area (Å²) in [6.07, 6.45) is 1.40. The highest BCUT2D eigenvalue weighted by atomic mass is 16.5. The van der Waals surface area contributed by atoms with Gasteiger partial charge in [-0.3, -0.25) is 4.79 Å². The van der Waals surface area contributed by atoms with Gasteiger partial charge in [-0.2, -0.15) is 0 Å². The van der Waals surface area contributed by atoms with Gasteiger partial charge in [0.2, 0.25) is 5.91 Å². The molecule has 1 N–H and O–H groups in total. The molecular weight excluding hydrogens is 242 g/mol. The standard InChI is InChI=1S/C15H21NO3/c1-10(2)6-15(18)16-5-4-11-8-14(19-3)13(17)7-12(11)9-16/h7-8,10,17H,4-6,9H2,1-3H3. The molecular formula is C15H21NO3. The fourth-order valence-electron chi connectivity index (χ4n) is 2.43. The van der Waals surface area contributed by atoms with Crippen molar-refractivity contribution in [2.24, 2.45) is 5.92 Å². The summed E-state index contributed by atoms with van der Waals surface area (Å²) in [4.78, 5) is 13.9. The highest BCUT2D eigenvalue weighted by Crippen LogP contribution is 2.32. The smallest absolute Gasteiger partial charge is 0.223 e. The Balaban J connectivity index is 2.16. The highest BCUT2D eigenvalue weighted by Gasteiger charge is 2.22. The van der Waals surface area contributed by atoms with Gasteiger partial charge in [0.05, 0.1) is 7.11 Å². The average Bonchev–Trinajstić information content (AvgIpc) is 2.36. The average molecular weight is 263 g/mol. The van der Waals surface area contributed by atoms with E-state index in [1.807, 2.05) is 24.8 Å². The number of carbonyl (C=O) groups is 1. The van der Waals surface area contributed by atoms with Crippen LogP contribution in [0.2, 0.25) is 0 Å². The number of benzene rings is 1. The molecule has 0 saturated carbocycles. The number of fused-ring (bicyclic) bond motifs is 1. The Labute approximate surface area is 114 Å². The van der Waals surface area contributed by atoms with Gasteiger partial charge in [0.25, 0.3) is 0 Å². The van der Waals surface area contributed by atoms with Crippen LogP contribution in [0.1, 0.15) is 31.4 Å². The van der Waals surface area contributed by atoms with Crippen molar-refractivity contribution in [2.45, 2.75) is 33.2 Å². The number of phenols is 1. The van der Waals surface area contributed by atoms with Crippen LogP contribution in [0, 0.1) is 5.92 Å². The van der Waals surface area contributed by atoms with E-state index in [2.05, 4.69) is 0 Å². The van der Waals surface area contributed by atoms with Crippen molar-refractivity contribution in [2.75, 3.05) is 13.7 Å². The summed E-state index contributed by atoms with van der Waals surface area (Å²) in [6, 6.07) is 3.58.